The van der Waals surface area contributed by atoms with Gasteiger partial charge in [-0.25, -0.2) is 9.97 Å². The number of aromatic nitrogens is 2. The fourth-order valence-corrected chi connectivity index (χ4v) is 3.09. The first-order valence-corrected chi connectivity index (χ1v) is 7.69. The highest BCUT2D eigenvalue weighted by atomic mass is 32.2. The number of amides is 1. The maximum Gasteiger partial charge on any atom is 0.235 e. The molecule has 110 valence electrons. The third-order valence-electron chi connectivity index (χ3n) is 3.47. The molecule has 1 saturated heterocycles. The van der Waals surface area contributed by atoms with Crippen molar-refractivity contribution in [3.63, 3.8) is 0 Å². The van der Waals surface area contributed by atoms with Gasteiger partial charge in [0.05, 0.1) is 5.25 Å². The van der Waals surface area contributed by atoms with Crippen LogP contribution in [0.1, 0.15) is 26.7 Å². The Hall–Kier alpha value is -1.50. The maximum absolute atomic E-state index is 12.4. The van der Waals surface area contributed by atoms with Crippen LogP contribution in [0.25, 0.3) is 0 Å². The number of nitrogens with zero attached hydrogens (tertiary/aromatic N) is 3. The van der Waals surface area contributed by atoms with Crippen LogP contribution in [0.3, 0.4) is 0 Å². The van der Waals surface area contributed by atoms with E-state index in [1.165, 1.54) is 17.8 Å². The van der Waals surface area contributed by atoms with Crippen LogP contribution in [0.15, 0.2) is 11.2 Å². The van der Waals surface area contributed by atoms with Crippen LogP contribution in [-0.4, -0.2) is 39.1 Å². The Morgan fingerprint density at radius 3 is 2.45 bits per heavy atom. The zero-order chi connectivity index (χ0) is 14.7. The van der Waals surface area contributed by atoms with Crippen LogP contribution in [0.5, 0.6) is 0 Å². The number of nitrogens with two attached hydrogens (primary N) is 2. The van der Waals surface area contributed by atoms with Crippen molar-refractivity contribution in [2.75, 3.05) is 24.6 Å². The molecule has 0 unspecified atom stereocenters. The van der Waals surface area contributed by atoms with E-state index < -0.39 is 0 Å². The van der Waals surface area contributed by atoms with Gasteiger partial charge in [-0.3, -0.25) is 4.79 Å². The second-order valence-corrected chi connectivity index (χ2v) is 6.58. The Morgan fingerprint density at radius 2 is 1.90 bits per heavy atom. The molecule has 1 fully saturated rings. The molecule has 0 aliphatic carbocycles. The Kier molecular flexibility index (Phi) is 4.69. The number of anilines is 2. The summed E-state index contributed by atoms with van der Waals surface area (Å²) >= 11 is 1.30. The summed E-state index contributed by atoms with van der Waals surface area (Å²) in [7, 11) is 0. The second-order valence-electron chi connectivity index (χ2n) is 5.27. The Bertz CT molecular complexity index is 467. The van der Waals surface area contributed by atoms with Crippen molar-refractivity contribution in [2.24, 2.45) is 5.92 Å². The fraction of sp³-hybridized carbons (Fsp3) is 0.615. The molecule has 2 rings (SSSR count). The summed E-state index contributed by atoms with van der Waals surface area (Å²) < 4.78 is 0. The van der Waals surface area contributed by atoms with Crippen molar-refractivity contribution in [3.05, 3.63) is 6.07 Å². The average molecular weight is 295 g/mol. The minimum atomic E-state index is -0.232. The summed E-state index contributed by atoms with van der Waals surface area (Å²) in [6.07, 6.45) is 2.15. The number of hydrogen-bond acceptors (Lipinski definition) is 6. The van der Waals surface area contributed by atoms with E-state index in [-0.39, 0.29) is 11.2 Å². The van der Waals surface area contributed by atoms with Gasteiger partial charge in [0.25, 0.3) is 0 Å². The molecule has 1 aliphatic heterocycles. The highest BCUT2D eigenvalue weighted by molar-refractivity contribution is 8.00. The molecule has 2 heterocycles. The summed E-state index contributed by atoms with van der Waals surface area (Å²) in [5.41, 5.74) is 11.3. The smallest absolute Gasteiger partial charge is 0.235 e. The lowest BCUT2D eigenvalue weighted by Crippen LogP contribution is -2.41. The highest BCUT2D eigenvalue weighted by Gasteiger charge is 2.25. The number of nitrogen functional groups attached to an aromatic ring is 2. The molecule has 1 atom stereocenters. The van der Waals surface area contributed by atoms with Gasteiger partial charge in [0.15, 0.2) is 5.16 Å². The molecule has 20 heavy (non-hydrogen) atoms. The van der Waals surface area contributed by atoms with Crippen LogP contribution in [0.2, 0.25) is 0 Å². The standard InChI is InChI=1S/C13H21N5OS/c1-8-3-5-18(6-4-8)12(19)9(2)20-13-16-10(14)7-11(15)17-13/h7-9H,3-6H2,1-2H3,(H4,14,15,16,17)/t9-/m1/s1. The van der Waals surface area contributed by atoms with Gasteiger partial charge in [0.2, 0.25) is 5.91 Å². The number of rotatable bonds is 3. The molecule has 0 radical (unpaired) electrons. The average Bonchev–Trinajstić information content (AvgIpc) is 2.37. The molecule has 6 nitrogen and oxygen atoms in total. The monoisotopic (exact) mass is 295 g/mol. The molecule has 0 spiro atoms. The largest absolute Gasteiger partial charge is 0.383 e. The topological polar surface area (TPSA) is 98.1 Å². The zero-order valence-corrected chi connectivity index (χ0v) is 12.7. The summed E-state index contributed by atoms with van der Waals surface area (Å²) in [6.45, 7) is 5.77. The Morgan fingerprint density at radius 1 is 1.35 bits per heavy atom. The third-order valence-corrected chi connectivity index (χ3v) is 4.42. The zero-order valence-electron chi connectivity index (χ0n) is 11.9. The first-order valence-electron chi connectivity index (χ1n) is 6.81. The molecule has 1 amide bonds. The van der Waals surface area contributed by atoms with Crippen molar-refractivity contribution >= 4 is 29.3 Å². The van der Waals surface area contributed by atoms with Crippen molar-refractivity contribution in [1.29, 1.82) is 0 Å². The lowest BCUT2D eigenvalue weighted by molar-refractivity contribution is -0.131. The Balaban J connectivity index is 1.97. The molecule has 4 N–H and O–H groups in total. The minimum absolute atomic E-state index is 0.131. The van der Waals surface area contributed by atoms with E-state index in [4.69, 9.17) is 11.5 Å². The predicted molar refractivity (Wildman–Crippen MR) is 81.2 cm³/mol. The van der Waals surface area contributed by atoms with Crippen LogP contribution < -0.4 is 11.5 Å². The van der Waals surface area contributed by atoms with Gasteiger partial charge in [0.1, 0.15) is 11.6 Å². The lowest BCUT2D eigenvalue weighted by atomic mass is 9.99. The summed E-state index contributed by atoms with van der Waals surface area (Å²) in [6, 6.07) is 1.50. The summed E-state index contributed by atoms with van der Waals surface area (Å²) in [4.78, 5) is 22.5. The fourth-order valence-electron chi connectivity index (χ4n) is 2.21. The predicted octanol–water partition coefficient (Wildman–Crippen LogP) is 1.38. The van der Waals surface area contributed by atoms with Crippen molar-refractivity contribution in [1.82, 2.24) is 14.9 Å². The van der Waals surface area contributed by atoms with E-state index in [1.807, 2.05) is 11.8 Å². The molecule has 1 aromatic heterocycles. The van der Waals surface area contributed by atoms with E-state index in [0.29, 0.717) is 22.7 Å². The highest BCUT2D eigenvalue weighted by Crippen LogP contribution is 2.25. The molecule has 0 saturated carbocycles. The first-order chi connectivity index (χ1) is 9.45. The number of carbonyl (C=O) groups is 1. The first kappa shape index (κ1) is 14.9. The minimum Gasteiger partial charge on any atom is -0.383 e. The Labute approximate surface area is 123 Å². The van der Waals surface area contributed by atoms with Gasteiger partial charge >= 0.3 is 0 Å². The van der Waals surface area contributed by atoms with Crippen LogP contribution in [0, 0.1) is 5.92 Å². The van der Waals surface area contributed by atoms with Crippen LogP contribution in [-0.2, 0) is 4.79 Å². The molecular formula is C13H21N5OS. The van der Waals surface area contributed by atoms with Crippen LogP contribution in [0.4, 0.5) is 11.6 Å². The molecule has 0 aromatic carbocycles. The lowest BCUT2D eigenvalue weighted by Gasteiger charge is -2.31. The van der Waals surface area contributed by atoms with Gasteiger partial charge < -0.3 is 16.4 Å². The van der Waals surface area contributed by atoms with E-state index in [9.17, 15) is 4.79 Å². The number of carbonyl (C=O) groups excluding carboxylic acids is 1. The number of piperidine rings is 1. The second kappa shape index (κ2) is 6.30. The summed E-state index contributed by atoms with van der Waals surface area (Å²) in [5.74, 6) is 1.49. The van der Waals surface area contributed by atoms with Gasteiger partial charge in [0, 0.05) is 19.2 Å². The number of likely N-dealkylation sites (tertiary alicyclic amines) is 1. The molecule has 1 aliphatic rings. The van der Waals surface area contributed by atoms with Crippen molar-refractivity contribution < 1.29 is 4.79 Å². The third kappa shape index (κ3) is 3.75. The molecular weight excluding hydrogens is 274 g/mol. The van der Waals surface area contributed by atoms with Crippen molar-refractivity contribution in [3.8, 4) is 0 Å². The van der Waals surface area contributed by atoms with Crippen LogP contribution >= 0.6 is 11.8 Å². The van der Waals surface area contributed by atoms with E-state index in [1.54, 1.807) is 0 Å². The van der Waals surface area contributed by atoms with E-state index in [2.05, 4.69) is 16.9 Å². The normalized spacial score (nSPS) is 18.0. The molecule has 7 heteroatoms. The number of hydrogen-bond donors (Lipinski definition) is 2. The van der Waals surface area contributed by atoms with E-state index >= 15 is 0 Å². The van der Waals surface area contributed by atoms with Gasteiger partial charge in [-0.15, -0.1) is 0 Å². The maximum atomic E-state index is 12.4. The summed E-state index contributed by atoms with van der Waals surface area (Å²) in [5, 5.41) is 0.221. The van der Waals surface area contributed by atoms with E-state index in [0.717, 1.165) is 25.9 Å². The van der Waals surface area contributed by atoms with Gasteiger partial charge in [-0.2, -0.15) is 0 Å². The van der Waals surface area contributed by atoms with Gasteiger partial charge in [-0.05, 0) is 25.7 Å². The quantitative estimate of drug-likeness (QED) is 0.646. The molecule has 1 aromatic rings. The van der Waals surface area contributed by atoms with Gasteiger partial charge in [-0.1, -0.05) is 18.7 Å². The SMILES string of the molecule is CC1CCN(C(=O)[C@@H](C)Sc2nc(N)cc(N)n2)CC1. The molecule has 0 bridgehead atoms. The number of thioether (sulfide) groups is 1. The van der Waals surface area contributed by atoms with Crippen molar-refractivity contribution in [2.45, 2.75) is 37.1 Å².